The second-order valence-corrected chi connectivity index (χ2v) is 4.12. The first-order valence-corrected chi connectivity index (χ1v) is 6.14. The summed E-state index contributed by atoms with van der Waals surface area (Å²) in [6, 6.07) is 7.11. The zero-order valence-electron chi connectivity index (χ0n) is 10.6. The lowest BCUT2D eigenvalue weighted by molar-refractivity contribution is 0.561. The molecule has 7 nitrogen and oxygen atoms in total. The van der Waals surface area contributed by atoms with E-state index in [1.165, 1.54) is 12.5 Å². The highest BCUT2D eigenvalue weighted by Gasteiger charge is 2.19. The zero-order chi connectivity index (χ0) is 14.1. The SMILES string of the molecule is c1coc(-c2nnc(-c3ncco3)nc2-c2ccco2)c1. The van der Waals surface area contributed by atoms with Gasteiger partial charge in [-0.25, -0.2) is 9.97 Å². The third-order valence-electron chi connectivity index (χ3n) is 2.82. The Labute approximate surface area is 118 Å². The molecule has 21 heavy (non-hydrogen) atoms. The molecule has 0 unspecified atom stereocenters. The van der Waals surface area contributed by atoms with Crippen molar-refractivity contribution in [2.24, 2.45) is 0 Å². The largest absolute Gasteiger partial charge is 0.463 e. The molecular formula is C14H8N4O3. The van der Waals surface area contributed by atoms with E-state index in [1.54, 1.807) is 36.8 Å². The van der Waals surface area contributed by atoms with Crippen molar-refractivity contribution in [3.05, 3.63) is 49.3 Å². The molecule has 0 saturated heterocycles. The molecule has 0 fully saturated rings. The molecule has 0 amide bonds. The fourth-order valence-electron chi connectivity index (χ4n) is 1.91. The Kier molecular flexibility index (Phi) is 2.60. The van der Waals surface area contributed by atoms with Crippen molar-refractivity contribution in [1.82, 2.24) is 20.2 Å². The minimum absolute atomic E-state index is 0.279. The molecule has 0 aromatic carbocycles. The molecular weight excluding hydrogens is 272 g/mol. The van der Waals surface area contributed by atoms with Crippen LogP contribution in [0.1, 0.15) is 0 Å². The van der Waals surface area contributed by atoms with Crippen molar-refractivity contribution in [3.63, 3.8) is 0 Å². The second-order valence-electron chi connectivity index (χ2n) is 4.12. The number of nitrogens with zero attached hydrogens (tertiary/aromatic N) is 4. The van der Waals surface area contributed by atoms with Crippen LogP contribution in [-0.2, 0) is 0 Å². The molecule has 0 aliphatic heterocycles. The van der Waals surface area contributed by atoms with Crippen LogP contribution in [0.4, 0.5) is 0 Å². The number of hydrogen-bond acceptors (Lipinski definition) is 7. The van der Waals surface area contributed by atoms with E-state index in [0.717, 1.165) is 0 Å². The molecule has 0 aliphatic carbocycles. The molecule has 4 heterocycles. The van der Waals surface area contributed by atoms with Gasteiger partial charge in [-0.2, -0.15) is 0 Å². The van der Waals surface area contributed by atoms with Gasteiger partial charge in [0.25, 0.3) is 5.89 Å². The van der Waals surface area contributed by atoms with Gasteiger partial charge in [0.1, 0.15) is 12.0 Å². The van der Waals surface area contributed by atoms with Crippen LogP contribution in [0.15, 0.2) is 62.5 Å². The first kappa shape index (κ1) is 11.6. The molecule has 0 atom stereocenters. The van der Waals surface area contributed by atoms with Gasteiger partial charge in [0.15, 0.2) is 17.2 Å². The van der Waals surface area contributed by atoms with E-state index in [-0.39, 0.29) is 5.82 Å². The number of aromatic nitrogens is 4. The molecule has 7 heteroatoms. The third kappa shape index (κ3) is 2.00. The molecule has 0 aliphatic rings. The Morgan fingerprint density at radius 1 is 0.762 bits per heavy atom. The van der Waals surface area contributed by atoms with E-state index in [9.17, 15) is 0 Å². The van der Waals surface area contributed by atoms with Gasteiger partial charge in [-0.3, -0.25) is 0 Å². The predicted molar refractivity (Wildman–Crippen MR) is 70.7 cm³/mol. The molecule has 4 rings (SSSR count). The molecule has 0 bridgehead atoms. The molecule has 0 N–H and O–H groups in total. The van der Waals surface area contributed by atoms with Gasteiger partial charge in [-0.05, 0) is 24.3 Å². The molecule has 0 radical (unpaired) electrons. The van der Waals surface area contributed by atoms with Crippen molar-refractivity contribution in [3.8, 4) is 34.6 Å². The van der Waals surface area contributed by atoms with E-state index >= 15 is 0 Å². The minimum atomic E-state index is 0.279. The van der Waals surface area contributed by atoms with Crippen molar-refractivity contribution in [2.45, 2.75) is 0 Å². The van der Waals surface area contributed by atoms with Gasteiger partial charge >= 0.3 is 0 Å². The number of furan rings is 2. The number of hydrogen-bond donors (Lipinski definition) is 0. The quantitative estimate of drug-likeness (QED) is 0.569. The maximum absolute atomic E-state index is 5.41. The highest BCUT2D eigenvalue weighted by atomic mass is 16.3. The summed E-state index contributed by atoms with van der Waals surface area (Å²) in [6.45, 7) is 0. The van der Waals surface area contributed by atoms with Crippen LogP contribution >= 0.6 is 0 Å². The summed E-state index contributed by atoms with van der Waals surface area (Å²) >= 11 is 0. The van der Waals surface area contributed by atoms with Crippen LogP contribution in [0.2, 0.25) is 0 Å². The van der Waals surface area contributed by atoms with Gasteiger partial charge < -0.3 is 13.3 Å². The summed E-state index contributed by atoms with van der Waals surface area (Å²) in [5.41, 5.74) is 1.00. The normalized spacial score (nSPS) is 10.9. The standard InChI is InChI=1S/C14H8N4O3/c1-3-9(19-6-1)11-12(10-4-2-7-20-10)17-18-13(16-11)14-15-5-8-21-14/h1-8H. The van der Waals surface area contributed by atoms with E-state index in [2.05, 4.69) is 20.2 Å². The molecule has 0 spiro atoms. The summed E-state index contributed by atoms with van der Waals surface area (Å²) in [7, 11) is 0. The van der Waals surface area contributed by atoms with Crippen LogP contribution in [0.25, 0.3) is 34.6 Å². The molecule has 4 aromatic heterocycles. The lowest BCUT2D eigenvalue weighted by atomic mass is 10.2. The molecule has 0 saturated carbocycles. The van der Waals surface area contributed by atoms with Crippen molar-refractivity contribution >= 4 is 0 Å². The van der Waals surface area contributed by atoms with Crippen molar-refractivity contribution < 1.29 is 13.3 Å². The van der Waals surface area contributed by atoms with Crippen molar-refractivity contribution in [1.29, 1.82) is 0 Å². The van der Waals surface area contributed by atoms with Crippen LogP contribution < -0.4 is 0 Å². The van der Waals surface area contributed by atoms with Crippen LogP contribution in [0, 0.1) is 0 Å². The number of oxazole rings is 1. The Bertz CT molecular complexity index is 837. The maximum atomic E-state index is 5.41. The number of rotatable bonds is 3. The summed E-state index contributed by atoms with van der Waals surface area (Å²) in [4.78, 5) is 8.45. The monoisotopic (exact) mass is 280 g/mol. The lowest BCUT2D eigenvalue weighted by Crippen LogP contribution is -1.99. The topological polar surface area (TPSA) is 91.0 Å². The zero-order valence-corrected chi connectivity index (χ0v) is 10.6. The first-order chi connectivity index (χ1) is 10.4. The maximum Gasteiger partial charge on any atom is 0.266 e. The highest BCUT2D eigenvalue weighted by Crippen LogP contribution is 2.30. The van der Waals surface area contributed by atoms with Gasteiger partial charge in [-0.15, -0.1) is 10.2 Å². The Balaban J connectivity index is 1.92. The smallest absolute Gasteiger partial charge is 0.266 e. The molecule has 102 valence electrons. The van der Waals surface area contributed by atoms with Crippen LogP contribution in [0.3, 0.4) is 0 Å². The first-order valence-electron chi connectivity index (χ1n) is 6.14. The predicted octanol–water partition coefficient (Wildman–Crippen LogP) is 3.05. The van der Waals surface area contributed by atoms with Crippen molar-refractivity contribution in [2.75, 3.05) is 0 Å². The van der Waals surface area contributed by atoms with Gasteiger partial charge in [0, 0.05) is 0 Å². The Hall–Kier alpha value is -3.22. The summed E-state index contributed by atoms with van der Waals surface area (Å²) in [6.07, 6.45) is 6.09. The van der Waals surface area contributed by atoms with E-state index in [0.29, 0.717) is 28.8 Å². The van der Waals surface area contributed by atoms with Gasteiger partial charge in [0.05, 0.1) is 18.7 Å². The summed E-state index contributed by atoms with van der Waals surface area (Å²) in [5, 5.41) is 8.20. The highest BCUT2D eigenvalue weighted by molar-refractivity contribution is 5.72. The second kappa shape index (κ2) is 4.71. The van der Waals surface area contributed by atoms with Gasteiger partial charge in [0.2, 0.25) is 5.82 Å². The van der Waals surface area contributed by atoms with Crippen LogP contribution in [-0.4, -0.2) is 20.2 Å². The minimum Gasteiger partial charge on any atom is -0.463 e. The van der Waals surface area contributed by atoms with E-state index < -0.39 is 0 Å². The fraction of sp³-hybridized carbons (Fsp3) is 0. The summed E-state index contributed by atoms with van der Waals surface area (Å²) < 4.78 is 16.0. The fourth-order valence-corrected chi connectivity index (χ4v) is 1.91. The average molecular weight is 280 g/mol. The lowest BCUT2D eigenvalue weighted by Gasteiger charge is -2.03. The Morgan fingerprint density at radius 2 is 1.52 bits per heavy atom. The third-order valence-corrected chi connectivity index (χ3v) is 2.82. The van der Waals surface area contributed by atoms with E-state index in [1.807, 2.05) is 0 Å². The summed E-state index contributed by atoms with van der Waals surface area (Å²) in [5.74, 6) is 1.69. The average Bonchev–Trinajstić information content (AvgIpc) is 3.28. The van der Waals surface area contributed by atoms with Crippen LogP contribution in [0.5, 0.6) is 0 Å². The van der Waals surface area contributed by atoms with E-state index in [4.69, 9.17) is 13.3 Å². The van der Waals surface area contributed by atoms with Gasteiger partial charge in [-0.1, -0.05) is 0 Å². The molecule has 4 aromatic rings. The Morgan fingerprint density at radius 3 is 2.14 bits per heavy atom.